The molecular weight excluding hydrogens is 212 g/mol. The number of hydrogen-bond acceptors (Lipinski definition) is 1. The van der Waals surface area contributed by atoms with Gasteiger partial charge in [0, 0.05) is 12.7 Å². The molecule has 1 aromatic rings. The summed E-state index contributed by atoms with van der Waals surface area (Å²) in [5, 5.41) is 5.61. The minimum Gasteiger partial charge on any atom is -0.334 e. The molecule has 1 aliphatic carbocycles. The summed E-state index contributed by atoms with van der Waals surface area (Å²) < 4.78 is 0. The van der Waals surface area contributed by atoms with Crippen molar-refractivity contribution in [2.24, 2.45) is 0 Å². The summed E-state index contributed by atoms with van der Waals surface area (Å²) in [5.41, 5.74) is 2.45. The number of benzene rings is 1. The molecule has 0 radical (unpaired) electrons. The zero-order valence-electron chi connectivity index (χ0n) is 9.91. The molecular formula is C14H18N2O. The molecule has 17 heavy (non-hydrogen) atoms. The quantitative estimate of drug-likeness (QED) is 0.823. The monoisotopic (exact) mass is 230 g/mol. The van der Waals surface area contributed by atoms with Crippen LogP contribution in [0.1, 0.15) is 31.2 Å². The maximum atomic E-state index is 11.5. The molecule has 1 aliphatic rings. The van der Waals surface area contributed by atoms with E-state index in [9.17, 15) is 4.79 Å². The molecule has 0 heterocycles. The lowest BCUT2D eigenvalue weighted by Gasteiger charge is -2.05. The average Bonchev–Trinajstić information content (AvgIpc) is 2.88. The Hall–Kier alpha value is -1.77. The minimum absolute atomic E-state index is 0.131. The van der Waals surface area contributed by atoms with Crippen LogP contribution in [0.4, 0.5) is 4.79 Å². The lowest BCUT2D eigenvalue weighted by molar-refractivity contribution is 0.243. The molecule has 0 atom stereocenters. The van der Waals surface area contributed by atoms with E-state index in [1.54, 1.807) is 0 Å². The lowest BCUT2D eigenvalue weighted by Crippen LogP contribution is -2.31. The average molecular weight is 230 g/mol. The third-order valence-corrected chi connectivity index (χ3v) is 2.95. The van der Waals surface area contributed by atoms with Crippen LogP contribution in [0.3, 0.4) is 0 Å². The number of carbonyl (C=O) groups is 1. The van der Waals surface area contributed by atoms with Crippen LogP contribution < -0.4 is 10.6 Å². The van der Waals surface area contributed by atoms with Gasteiger partial charge in [0.15, 0.2) is 0 Å². The van der Waals surface area contributed by atoms with Gasteiger partial charge in [0.2, 0.25) is 0 Å². The summed E-state index contributed by atoms with van der Waals surface area (Å²) in [7, 11) is 0. The SMILES string of the molecule is O=C(NC=C1CCCC1)NCc1ccccc1. The van der Waals surface area contributed by atoms with Gasteiger partial charge in [-0.1, -0.05) is 35.9 Å². The molecule has 1 saturated carbocycles. The van der Waals surface area contributed by atoms with Crippen molar-refractivity contribution in [2.75, 3.05) is 0 Å². The molecule has 0 aliphatic heterocycles. The molecule has 0 spiro atoms. The van der Waals surface area contributed by atoms with E-state index < -0.39 is 0 Å². The number of urea groups is 1. The highest BCUT2D eigenvalue weighted by Crippen LogP contribution is 2.22. The van der Waals surface area contributed by atoms with Gasteiger partial charge < -0.3 is 10.6 Å². The van der Waals surface area contributed by atoms with Crippen LogP contribution in [0.15, 0.2) is 42.1 Å². The van der Waals surface area contributed by atoms with Crippen LogP contribution in [0.5, 0.6) is 0 Å². The Morgan fingerprint density at radius 3 is 2.59 bits per heavy atom. The zero-order valence-corrected chi connectivity index (χ0v) is 9.91. The molecule has 2 N–H and O–H groups in total. The largest absolute Gasteiger partial charge is 0.334 e. The highest BCUT2D eigenvalue weighted by Gasteiger charge is 2.06. The van der Waals surface area contributed by atoms with Gasteiger partial charge in [0.05, 0.1) is 0 Å². The van der Waals surface area contributed by atoms with Gasteiger partial charge in [-0.2, -0.15) is 0 Å². The molecule has 1 aromatic carbocycles. The van der Waals surface area contributed by atoms with Gasteiger partial charge in [0.25, 0.3) is 0 Å². The molecule has 0 saturated heterocycles. The normalized spacial score (nSPS) is 14.5. The van der Waals surface area contributed by atoms with E-state index in [2.05, 4.69) is 10.6 Å². The van der Waals surface area contributed by atoms with Crippen LogP contribution in [0.2, 0.25) is 0 Å². The second-order valence-corrected chi connectivity index (χ2v) is 4.32. The van der Waals surface area contributed by atoms with Crippen molar-refractivity contribution in [1.82, 2.24) is 10.6 Å². The molecule has 90 valence electrons. The van der Waals surface area contributed by atoms with E-state index in [4.69, 9.17) is 0 Å². The van der Waals surface area contributed by atoms with Gasteiger partial charge in [-0.05, 0) is 31.2 Å². The fourth-order valence-electron chi connectivity index (χ4n) is 1.97. The van der Waals surface area contributed by atoms with Gasteiger partial charge in [-0.3, -0.25) is 0 Å². The number of rotatable bonds is 3. The Morgan fingerprint density at radius 1 is 1.18 bits per heavy atom. The predicted octanol–water partition coefficient (Wildman–Crippen LogP) is 2.94. The van der Waals surface area contributed by atoms with Crippen LogP contribution in [-0.2, 0) is 6.54 Å². The summed E-state index contributed by atoms with van der Waals surface area (Å²) >= 11 is 0. The number of allylic oxidation sites excluding steroid dienone is 1. The second-order valence-electron chi connectivity index (χ2n) is 4.32. The molecule has 3 nitrogen and oxygen atoms in total. The van der Waals surface area contributed by atoms with Crippen molar-refractivity contribution in [3.05, 3.63) is 47.7 Å². The first-order valence-corrected chi connectivity index (χ1v) is 6.11. The maximum absolute atomic E-state index is 11.5. The second kappa shape index (κ2) is 6.09. The summed E-state index contributed by atoms with van der Waals surface area (Å²) in [5.74, 6) is 0. The van der Waals surface area contributed by atoms with E-state index in [0.717, 1.165) is 18.4 Å². The van der Waals surface area contributed by atoms with Crippen molar-refractivity contribution in [2.45, 2.75) is 32.2 Å². The molecule has 2 amide bonds. The van der Waals surface area contributed by atoms with Gasteiger partial charge in [0.1, 0.15) is 0 Å². The molecule has 0 aromatic heterocycles. The van der Waals surface area contributed by atoms with Crippen LogP contribution in [0, 0.1) is 0 Å². The fourth-order valence-corrected chi connectivity index (χ4v) is 1.97. The van der Waals surface area contributed by atoms with Crippen LogP contribution in [-0.4, -0.2) is 6.03 Å². The van der Waals surface area contributed by atoms with Crippen LogP contribution in [0.25, 0.3) is 0 Å². The number of carbonyl (C=O) groups excluding carboxylic acids is 1. The Labute approximate surface area is 102 Å². The Bertz CT molecular complexity index is 390. The zero-order chi connectivity index (χ0) is 11.9. The summed E-state index contributed by atoms with van der Waals surface area (Å²) in [6.45, 7) is 0.565. The summed E-state index contributed by atoms with van der Waals surface area (Å²) in [6, 6.07) is 9.76. The first-order chi connectivity index (χ1) is 8.34. The van der Waals surface area contributed by atoms with E-state index in [-0.39, 0.29) is 6.03 Å². The van der Waals surface area contributed by atoms with Crippen molar-refractivity contribution in [3.8, 4) is 0 Å². The first-order valence-electron chi connectivity index (χ1n) is 6.11. The Morgan fingerprint density at radius 2 is 1.88 bits per heavy atom. The predicted molar refractivity (Wildman–Crippen MR) is 68.4 cm³/mol. The summed E-state index contributed by atoms with van der Waals surface area (Å²) in [6.07, 6.45) is 6.60. The Balaban J connectivity index is 1.72. The van der Waals surface area contributed by atoms with Crippen molar-refractivity contribution < 1.29 is 4.79 Å². The molecule has 0 bridgehead atoms. The smallest absolute Gasteiger partial charge is 0.319 e. The van der Waals surface area contributed by atoms with Gasteiger partial charge >= 0.3 is 6.03 Å². The number of hydrogen-bond donors (Lipinski definition) is 2. The summed E-state index contributed by atoms with van der Waals surface area (Å²) in [4.78, 5) is 11.5. The van der Waals surface area contributed by atoms with E-state index in [1.165, 1.54) is 18.4 Å². The minimum atomic E-state index is -0.131. The maximum Gasteiger partial charge on any atom is 0.319 e. The third-order valence-electron chi connectivity index (χ3n) is 2.95. The highest BCUT2D eigenvalue weighted by molar-refractivity contribution is 5.74. The highest BCUT2D eigenvalue weighted by atomic mass is 16.2. The Kier molecular flexibility index (Phi) is 4.19. The van der Waals surface area contributed by atoms with Crippen molar-refractivity contribution in [1.29, 1.82) is 0 Å². The van der Waals surface area contributed by atoms with E-state index >= 15 is 0 Å². The standard InChI is InChI=1S/C14H18N2O/c17-14(16-11-13-8-4-5-9-13)15-10-12-6-2-1-3-7-12/h1-3,6-7,11H,4-5,8-10H2,(H2,15,16,17). The third kappa shape index (κ3) is 3.94. The lowest BCUT2D eigenvalue weighted by atomic mass is 10.2. The van der Waals surface area contributed by atoms with E-state index in [0.29, 0.717) is 6.54 Å². The van der Waals surface area contributed by atoms with Crippen molar-refractivity contribution in [3.63, 3.8) is 0 Å². The van der Waals surface area contributed by atoms with Crippen LogP contribution >= 0.6 is 0 Å². The van der Waals surface area contributed by atoms with Gasteiger partial charge in [-0.15, -0.1) is 0 Å². The molecule has 1 fully saturated rings. The molecule has 0 unspecified atom stereocenters. The van der Waals surface area contributed by atoms with E-state index in [1.807, 2.05) is 36.5 Å². The number of amides is 2. The molecule has 3 heteroatoms. The fraction of sp³-hybridized carbons (Fsp3) is 0.357. The van der Waals surface area contributed by atoms with Crippen molar-refractivity contribution >= 4 is 6.03 Å². The van der Waals surface area contributed by atoms with Gasteiger partial charge in [-0.25, -0.2) is 4.79 Å². The number of nitrogens with one attached hydrogen (secondary N) is 2. The first kappa shape index (κ1) is 11.7. The topological polar surface area (TPSA) is 41.1 Å². The molecule has 2 rings (SSSR count).